The third kappa shape index (κ3) is 4.41. The van der Waals surface area contributed by atoms with Crippen molar-refractivity contribution in [2.75, 3.05) is 6.54 Å². The Bertz CT molecular complexity index is 678. The summed E-state index contributed by atoms with van der Waals surface area (Å²) in [6.45, 7) is 8.10. The molecule has 2 rings (SSSR count). The molecule has 126 valence electrons. The van der Waals surface area contributed by atoms with Crippen molar-refractivity contribution in [3.63, 3.8) is 0 Å². The van der Waals surface area contributed by atoms with Crippen LogP contribution in [-0.2, 0) is 6.54 Å². The maximum Gasteiger partial charge on any atom is 0.261 e. The molecule has 23 heavy (non-hydrogen) atoms. The Balaban J connectivity index is 2.23. The SMILES string of the molecule is CCCCCCN[C@H](C)c1nc2ccccc2c(=O)n1CCC. The Kier molecular flexibility index (Phi) is 6.78. The number of unbranched alkanes of at least 4 members (excludes halogenated alkanes) is 3. The van der Waals surface area contributed by atoms with Gasteiger partial charge in [0.05, 0.1) is 16.9 Å². The fraction of sp³-hybridized carbons (Fsp3) is 0.579. The topological polar surface area (TPSA) is 46.9 Å². The number of aromatic nitrogens is 2. The van der Waals surface area contributed by atoms with E-state index in [0.29, 0.717) is 11.9 Å². The molecule has 4 heteroatoms. The number of hydrogen-bond donors (Lipinski definition) is 1. The normalized spacial score (nSPS) is 12.7. The fourth-order valence-electron chi connectivity index (χ4n) is 2.92. The molecule has 1 atom stereocenters. The zero-order valence-electron chi connectivity index (χ0n) is 14.6. The molecule has 0 aliphatic rings. The van der Waals surface area contributed by atoms with Gasteiger partial charge in [0.1, 0.15) is 5.82 Å². The number of fused-ring (bicyclic) bond motifs is 1. The molecule has 0 amide bonds. The summed E-state index contributed by atoms with van der Waals surface area (Å²) in [5.74, 6) is 0.853. The van der Waals surface area contributed by atoms with Gasteiger partial charge in [0.25, 0.3) is 5.56 Å². The smallest absolute Gasteiger partial charge is 0.261 e. The molecule has 1 N–H and O–H groups in total. The Morgan fingerprint density at radius 3 is 2.65 bits per heavy atom. The standard InChI is InChI=1S/C19H29N3O/c1-4-6-7-10-13-20-15(3)18-21-17-12-9-8-11-16(17)19(23)22(18)14-5-2/h8-9,11-12,15,20H,4-7,10,13-14H2,1-3H3/t15-/m1/s1. The minimum Gasteiger partial charge on any atom is -0.308 e. The van der Waals surface area contributed by atoms with E-state index in [1.54, 1.807) is 0 Å². The van der Waals surface area contributed by atoms with Gasteiger partial charge in [-0.2, -0.15) is 0 Å². The van der Waals surface area contributed by atoms with Crippen LogP contribution in [-0.4, -0.2) is 16.1 Å². The monoisotopic (exact) mass is 315 g/mol. The van der Waals surface area contributed by atoms with Gasteiger partial charge >= 0.3 is 0 Å². The van der Waals surface area contributed by atoms with Crippen LogP contribution in [0.3, 0.4) is 0 Å². The van der Waals surface area contributed by atoms with E-state index in [4.69, 9.17) is 4.98 Å². The average Bonchev–Trinajstić information content (AvgIpc) is 2.57. The number of para-hydroxylation sites is 1. The van der Waals surface area contributed by atoms with E-state index >= 15 is 0 Å². The van der Waals surface area contributed by atoms with Gasteiger partial charge in [0, 0.05) is 6.54 Å². The predicted octanol–water partition coefficient (Wildman–Crippen LogP) is 4.04. The first-order chi connectivity index (χ1) is 11.2. The Hall–Kier alpha value is -1.68. The van der Waals surface area contributed by atoms with Gasteiger partial charge in [-0.25, -0.2) is 4.98 Å². The summed E-state index contributed by atoms with van der Waals surface area (Å²) in [7, 11) is 0. The van der Waals surface area contributed by atoms with Gasteiger partial charge in [0.2, 0.25) is 0 Å². The number of benzene rings is 1. The predicted molar refractivity (Wildman–Crippen MR) is 96.9 cm³/mol. The molecule has 1 aromatic heterocycles. The van der Waals surface area contributed by atoms with Crippen LogP contribution in [0, 0.1) is 0 Å². The van der Waals surface area contributed by atoms with E-state index < -0.39 is 0 Å². The van der Waals surface area contributed by atoms with Crippen LogP contribution in [0.5, 0.6) is 0 Å². The second kappa shape index (κ2) is 8.82. The molecule has 0 saturated heterocycles. The zero-order valence-corrected chi connectivity index (χ0v) is 14.6. The molecule has 0 aliphatic heterocycles. The number of nitrogens with one attached hydrogen (secondary N) is 1. The van der Waals surface area contributed by atoms with E-state index in [1.807, 2.05) is 28.8 Å². The Morgan fingerprint density at radius 2 is 1.91 bits per heavy atom. The molecule has 1 heterocycles. The van der Waals surface area contributed by atoms with Crippen molar-refractivity contribution in [1.29, 1.82) is 0 Å². The lowest BCUT2D eigenvalue weighted by molar-refractivity contribution is 0.481. The highest BCUT2D eigenvalue weighted by Gasteiger charge is 2.15. The second-order valence-electron chi connectivity index (χ2n) is 6.18. The molecule has 1 aromatic carbocycles. The highest BCUT2D eigenvalue weighted by atomic mass is 16.1. The largest absolute Gasteiger partial charge is 0.308 e. The van der Waals surface area contributed by atoms with Crippen molar-refractivity contribution in [2.45, 2.75) is 65.5 Å². The van der Waals surface area contributed by atoms with Gasteiger partial charge in [-0.15, -0.1) is 0 Å². The Morgan fingerprint density at radius 1 is 1.13 bits per heavy atom. The van der Waals surface area contributed by atoms with Crippen LogP contribution >= 0.6 is 0 Å². The summed E-state index contributed by atoms with van der Waals surface area (Å²) in [5, 5.41) is 4.23. The summed E-state index contributed by atoms with van der Waals surface area (Å²) in [6.07, 6.45) is 5.88. The van der Waals surface area contributed by atoms with Gasteiger partial charge < -0.3 is 5.32 Å². The van der Waals surface area contributed by atoms with Crippen molar-refractivity contribution in [1.82, 2.24) is 14.9 Å². The molecule has 0 spiro atoms. The maximum absolute atomic E-state index is 12.8. The summed E-state index contributed by atoms with van der Waals surface area (Å²) < 4.78 is 1.84. The van der Waals surface area contributed by atoms with Crippen molar-refractivity contribution in [3.05, 3.63) is 40.4 Å². The molecular weight excluding hydrogens is 286 g/mol. The van der Waals surface area contributed by atoms with Crippen molar-refractivity contribution in [3.8, 4) is 0 Å². The van der Waals surface area contributed by atoms with Crippen LogP contribution in [0.4, 0.5) is 0 Å². The van der Waals surface area contributed by atoms with E-state index in [1.165, 1.54) is 25.7 Å². The first-order valence-corrected chi connectivity index (χ1v) is 8.91. The maximum atomic E-state index is 12.8. The van der Waals surface area contributed by atoms with Gasteiger partial charge in [-0.05, 0) is 38.4 Å². The molecule has 0 bridgehead atoms. The van der Waals surface area contributed by atoms with Gasteiger partial charge in [-0.3, -0.25) is 9.36 Å². The fourth-order valence-corrected chi connectivity index (χ4v) is 2.92. The summed E-state index contributed by atoms with van der Waals surface area (Å²) in [4.78, 5) is 17.5. The third-order valence-corrected chi connectivity index (χ3v) is 4.21. The first-order valence-electron chi connectivity index (χ1n) is 8.91. The minimum atomic E-state index is 0.0760. The number of nitrogens with zero attached hydrogens (tertiary/aromatic N) is 2. The number of hydrogen-bond acceptors (Lipinski definition) is 3. The molecule has 0 saturated carbocycles. The molecular formula is C19H29N3O. The third-order valence-electron chi connectivity index (χ3n) is 4.21. The van der Waals surface area contributed by atoms with Crippen molar-refractivity contribution < 1.29 is 0 Å². The number of rotatable bonds is 9. The quantitative estimate of drug-likeness (QED) is 0.710. The minimum absolute atomic E-state index is 0.0760. The van der Waals surface area contributed by atoms with Crippen molar-refractivity contribution in [2.24, 2.45) is 0 Å². The average molecular weight is 315 g/mol. The first kappa shape index (κ1) is 17.7. The van der Waals surface area contributed by atoms with Crippen LogP contribution < -0.4 is 10.9 Å². The Labute approximate surface area is 138 Å². The van der Waals surface area contributed by atoms with E-state index in [2.05, 4.69) is 26.1 Å². The van der Waals surface area contributed by atoms with Crippen LogP contribution in [0.25, 0.3) is 10.9 Å². The van der Waals surface area contributed by atoms with E-state index in [-0.39, 0.29) is 11.6 Å². The lowest BCUT2D eigenvalue weighted by atomic mass is 10.2. The van der Waals surface area contributed by atoms with Crippen LogP contribution in [0.2, 0.25) is 0 Å². The van der Waals surface area contributed by atoms with E-state index in [9.17, 15) is 4.79 Å². The van der Waals surface area contributed by atoms with Gasteiger partial charge in [-0.1, -0.05) is 45.2 Å². The summed E-state index contributed by atoms with van der Waals surface area (Å²) >= 11 is 0. The van der Waals surface area contributed by atoms with Crippen molar-refractivity contribution >= 4 is 10.9 Å². The van der Waals surface area contributed by atoms with Crippen LogP contribution in [0.1, 0.15) is 64.7 Å². The molecule has 2 aromatic rings. The highest BCUT2D eigenvalue weighted by Crippen LogP contribution is 2.14. The van der Waals surface area contributed by atoms with E-state index in [0.717, 1.165) is 24.3 Å². The molecule has 0 aliphatic carbocycles. The molecule has 0 radical (unpaired) electrons. The summed E-state index contributed by atoms with van der Waals surface area (Å²) in [6, 6.07) is 7.71. The zero-order chi connectivity index (χ0) is 16.7. The second-order valence-corrected chi connectivity index (χ2v) is 6.18. The molecule has 0 unspecified atom stereocenters. The highest BCUT2D eigenvalue weighted by molar-refractivity contribution is 5.77. The van der Waals surface area contributed by atoms with Gasteiger partial charge in [0.15, 0.2) is 0 Å². The lowest BCUT2D eigenvalue weighted by Crippen LogP contribution is -2.31. The lowest BCUT2D eigenvalue weighted by Gasteiger charge is -2.19. The molecule has 4 nitrogen and oxygen atoms in total. The summed E-state index contributed by atoms with van der Waals surface area (Å²) in [5.41, 5.74) is 0.867. The van der Waals surface area contributed by atoms with Crippen LogP contribution in [0.15, 0.2) is 29.1 Å². The molecule has 0 fully saturated rings.